The summed E-state index contributed by atoms with van der Waals surface area (Å²) in [6, 6.07) is 19.2. The highest BCUT2D eigenvalue weighted by Gasteiger charge is 2.11. The van der Waals surface area contributed by atoms with Crippen molar-refractivity contribution >= 4 is 11.6 Å². The molecular formula is C22H24ClN2O3+. The van der Waals surface area contributed by atoms with Crippen molar-refractivity contribution < 1.29 is 19.9 Å². The van der Waals surface area contributed by atoms with Gasteiger partial charge in [-0.1, -0.05) is 48.0 Å². The first-order chi connectivity index (χ1) is 13.7. The lowest BCUT2D eigenvalue weighted by Gasteiger charge is -2.13. The number of rotatable bonds is 9. The predicted octanol–water partition coefficient (Wildman–Crippen LogP) is 3.12. The van der Waals surface area contributed by atoms with Gasteiger partial charge in [-0.3, -0.25) is 0 Å². The van der Waals surface area contributed by atoms with E-state index in [2.05, 4.69) is 10.3 Å². The van der Waals surface area contributed by atoms with E-state index in [9.17, 15) is 5.11 Å². The van der Waals surface area contributed by atoms with Crippen LogP contribution < -0.4 is 14.8 Å². The largest absolute Gasteiger partial charge is 0.493 e. The van der Waals surface area contributed by atoms with Gasteiger partial charge in [-0.2, -0.15) is 0 Å². The first kappa shape index (κ1) is 20.1. The summed E-state index contributed by atoms with van der Waals surface area (Å²) < 4.78 is 11.3. The maximum Gasteiger partial charge on any atom is 0.161 e. The first-order valence-electron chi connectivity index (χ1n) is 9.10. The maximum absolute atomic E-state index is 10.2. The minimum Gasteiger partial charge on any atom is -0.493 e. The molecule has 6 heteroatoms. The Balaban J connectivity index is 1.54. The molecule has 0 aliphatic rings. The quantitative estimate of drug-likeness (QED) is 0.542. The van der Waals surface area contributed by atoms with Gasteiger partial charge in [0, 0.05) is 17.3 Å². The molecule has 1 atom stereocenters. The normalized spacial score (nSPS) is 11.8. The van der Waals surface area contributed by atoms with E-state index in [1.807, 2.05) is 54.6 Å². The molecule has 0 saturated heterocycles. The third-order valence-corrected chi connectivity index (χ3v) is 4.59. The number of aliphatic hydroxyl groups is 1. The Morgan fingerprint density at radius 1 is 1.04 bits per heavy atom. The lowest BCUT2D eigenvalue weighted by atomic mass is 10.1. The standard InChI is InChI=1S/C22H23ClN2O3/c1-27-21-11-16(12-24-14-19(26)18-5-3-2-4-6-18)7-9-20(21)28-15-17-8-10-22(23)25-13-17/h2-11,13,19,24,26H,12,14-15H2,1H3/p+1/t19-/m0/s1. The first-order valence-corrected chi connectivity index (χ1v) is 9.48. The van der Waals surface area contributed by atoms with Gasteiger partial charge < -0.3 is 19.9 Å². The number of hydrogen-bond acceptors (Lipinski definition) is 4. The molecule has 1 heterocycles. The average Bonchev–Trinajstić information content (AvgIpc) is 2.74. The molecule has 0 radical (unpaired) electrons. The Bertz CT molecular complexity index is 873. The topological polar surface area (TPSA) is 68.2 Å². The molecule has 0 aliphatic carbocycles. The van der Waals surface area contributed by atoms with Crippen molar-refractivity contribution in [2.45, 2.75) is 19.3 Å². The molecule has 0 amide bonds. The number of benzene rings is 2. The minimum absolute atomic E-state index is 0.384. The molecule has 0 bridgehead atoms. The van der Waals surface area contributed by atoms with E-state index >= 15 is 0 Å². The van der Waals surface area contributed by atoms with Crippen LogP contribution in [0.5, 0.6) is 11.5 Å². The van der Waals surface area contributed by atoms with E-state index in [1.54, 1.807) is 19.4 Å². The SMILES string of the molecule is COc1cc(C[NH2+]C[C@H](O)c2ccccc2)ccc1OCc1ccc(Cl)nc1. The summed E-state index contributed by atoms with van der Waals surface area (Å²) in [6.07, 6.45) is 1.20. The van der Waals surface area contributed by atoms with Crippen molar-refractivity contribution in [3.05, 3.63) is 88.7 Å². The number of aliphatic hydroxyl groups excluding tert-OH is 1. The Morgan fingerprint density at radius 2 is 1.82 bits per heavy atom. The monoisotopic (exact) mass is 399 g/mol. The summed E-state index contributed by atoms with van der Waals surface area (Å²) in [5, 5.41) is 12.8. The van der Waals surface area contributed by atoms with Crippen LogP contribution in [-0.2, 0) is 13.2 Å². The zero-order valence-corrected chi connectivity index (χ0v) is 16.5. The Labute approximate surface area is 169 Å². The van der Waals surface area contributed by atoms with Crippen LogP contribution in [0, 0.1) is 0 Å². The number of ether oxygens (including phenoxy) is 2. The molecular weight excluding hydrogens is 376 g/mol. The molecule has 146 valence electrons. The van der Waals surface area contributed by atoms with Gasteiger partial charge in [0.15, 0.2) is 11.5 Å². The molecule has 0 fully saturated rings. The molecule has 0 spiro atoms. The van der Waals surface area contributed by atoms with E-state index in [1.165, 1.54) is 0 Å². The van der Waals surface area contributed by atoms with Crippen LogP contribution in [0.25, 0.3) is 0 Å². The van der Waals surface area contributed by atoms with Crippen LogP contribution in [0.2, 0.25) is 5.15 Å². The molecule has 3 aromatic rings. The predicted molar refractivity (Wildman–Crippen MR) is 108 cm³/mol. The second-order valence-electron chi connectivity index (χ2n) is 6.42. The Kier molecular flexibility index (Phi) is 7.25. The van der Waals surface area contributed by atoms with Gasteiger partial charge in [-0.25, -0.2) is 4.98 Å². The highest BCUT2D eigenvalue weighted by molar-refractivity contribution is 6.29. The minimum atomic E-state index is -0.487. The third kappa shape index (κ3) is 5.70. The van der Waals surface area contributed by atoms with Gasteiger partial charge >= 0.3 is 0 Å². The molecule has 0 saturated carbocycles. The van der Waals surface area contributed by atoms with E-state index in [0.717, 1.165) is 23.2 Å². The van der Waals surface area contributed by atoms with Crippen LogP contribution in [-0.4, -0.2) is 23.7 Å². The molecule has 5 nitrogen and oxygen atoms in total. The molecule has 0 aliphatic heterocycles. The van der Waals surface area contributed by atoms with E-state index in [0.29, 0.717) is 29.8 Å². The molecule has 28 heavy (non-hydrogen) atoms. The van der Waals surface area contributed by atoms with Crippen molar-refractivity contribution in [3.63, 3.8) is 0 Å². The van der Waals surface area contributed by atoms with Crippen molar-refractivity contribution in [1.82, 2.24) is 4.98 Å². The van der Waals surface area contributed by atoms with Crippen molar-refractivity contribution in [2.75, 3.05) is 13.7 Å². The Morgan fingerprint density at radius 3 is 2.54 bits per heavy atom. The van der Waals surface area contributed by atoms with Gasteiger partial charge in [0.25, 0.3) is 0 Å². The molecule has 3 rings (SSSR count). The van der Waals surface area contributed by atoms with Gasteiger partial charge in [0.05, 0.1) is 7.11 Å². The fourth-order valence-corrected chi connectivity index (χ4v) is 2.94. The Hall–Kier alpha value is -2.60. The summed E-state index contributed by atoms with van der Waals surface area (Å²) in [4.78, 5) is 4.05. The number of methoxy groups -OCH3 is 1. The summed E-state index contributed by atoms with van der Waals surface area (Å²) in [5.41, 5.74) is 2.95. The van der Waals surface area contributed by atoms with Crippen molar-refractivity contribution in [1.29, 1.82) is 0 Å². The maximum atomic E-state index is 10.2. The summed E-state index contributed by atoms with van der Waals surface area (Å²) >= 11 is 5.80. The summed E-state index contributed by atoms with van der Waals surface area (Å²) in [5.74, 6) is 1.35. The van der Waals surface area contributed by atoms with Crippen molar-refractivity contribution in [3.8, 4) is 11.5 Å². The molecule has 1 aromatic heterocycles. The number of quaternary nitrogens is 1. The van der Waals surface area contributed by atoms with E-state index < -0.39 is 6.10 Å². The van der Waals surface area contributed by atoms with Gasteiger partial charge in [0.1, 0.15) is 31.0 Å². The number of hydrogen-bond donors (Lipinski definition) is 2. The lowest BCUT2D eigenvalue weighted by molar-refractivity contribution is -0.677. The molecule has 2 aromatic carbocycles. The number of pyridine rings is 1. The van der Waals surface area contributed by atoms with Crippen LogP contribution in [0.15, 0.2) is 66.9 Å². The van der Waals surface area contributed by atoms with Crippen LogP contribution in [0.1, 0.15) is 22.8 Å². The van der Waals surface area contributed by atoms with Crippen LogP contribution >= 0.6 is 11.6 Å². The highest BCUT2D eigenvalue weighted by atomic mass is 35.5. The summed E-state index contributed by atoms with van der Waals surface area (Å²) in [7, 11) is 1.62. The zero-order chi connectivity index (χ0) is 19.8. The van der Waals surface area contributed by atoms with Crippen molar-refractivity contribution in [2.24, 2.45) is 0 Å². The lowest BCUT2D eigenvalue weighted by Crippen LogP contribution is -2.83. The fraction of sp³-hybridized carbons (Fsp3) is 0.227. The van der Waals surface area contributed by atoms with Gasteiger partial charge in [-0.05, 0) is 29.8 Å². The average molecular weight is 400 g/mol. The van der Waals surface area contributed by atoms with Gasteiger partial charge in [0.2, 0.25) is 0 Å². The third-order valence-electron chi connectivity index (χ3n) is 4.37. The second-order valence-corrected chi connectivity index (χ2v) is 6.81. The zero-order valence-electron chi connectivity index (χ0n) is 15.7. The molecule has 3 N–H and O–H groups in total. The van der Waals surface area contributed by atoms with Crippen LogP contribution in [0.4, 0.5) is 0 Å². The molecule has 0 unspecified atom stereocenters. The van der Waals surface area contributed by atoms with E-state index in [4.69, 9.17) is 21.1 Å². The second kappa shape index (κ2) is 10.1. The number of aromatic nitrogens is 1. The highest BCUT2D eigenvalue weighted by Crippen LogP contribution is 2.28. The summed E-state index contributed by atoms with van der Waals surface area (Å²) in [6.45, 7) is 1.71. The van der Waals surface area contributed by atoms with Crippen LogP contribution in [0.3, 0.4) is 0 Å². The number of nitrogens with zero attached hydrogens (tertiary/aromatic N) is 1. The number of nitrogens with two attached hydrogens (primary N) is 1. The van der Waals surface area contributed by atoms with E-state index in [-0.39, 0.29) is 0 Å². The van der Waals surface area contributed by atoms with Gasteiger partial charge in [-0.15, -0.1) is 0 Å². The fourth-order valence-electron chi connectivity index (χ4n) is 2.83. The smallest absolute Gasteiger partial charge is 0.161 e. The number of halogens is 1.